The van der Waals surface area contributed by atoms with E-state index in [0.717, 1.165) is 4.47 Å². The van der Waals surface area contributed by atoms with Crippen molar-refractivity contribution in [2.24, 2.45) is 0 Å². The summed E-state index contributed by atoms with van der Waals surface area (Å²) in [4.78, 5) is 28.0. The molecule has 0 aliphatic rings. The smallest absolute Gasteiger partial charge is 0.255 e. The highest BCUT2D eigenvalue weighted by atomic mass is 79.9. The van der Waals surface area contributed by atoms with E-state index < -0.39 is 0 Å². The lowest BCUT2D eigenvalue weighted by Gasteiger charge is -2.23. The molecule has 20 heavy (non-hydrogen) atoms. The van der Waals surface area contributed by atoms with E-state index in [1.54, 1.807) is 30.1 Å². The highest BCUT2D eigenvalue weighted by molar-refractivity contribution is 9.10. The van der Waals surface area contributed by atoms with Gasteiger partial charge in [-0.1, -0.05) is 15.9 Å². The number of halogens is 1. The van der Waals surface area contributed by atoms with Crippen molar-refractivity contribution in [3.8, 4) is 0 Å². The van der Waals surface area contributed by atoms with Crippen LogP contribution in [0.4, 0.5) is 0 Å². The van der Waals surface area contributed by atoms with E-state index in [1.807, 2.05) is 13.8 Å². The Hall–Kier alpha value is -1.01. The van der Waals surface area contributed by atoms with Crippen molar-refractivity contribution in [2.45, 2.75) is 18.7 Å². The van der Waals surface area contributed by atoms with Gasteiger partial charge < -0.3 is 9.80 Å². The van der Waals surface area contributed by atoms with Gasteiger partial charge in [-0.05, 0) is 32.0 Å². The molecule has 2 amide bonds. The lowest BCUT2D eigenvalue weighted by molar-refractivity contribution is -0.131. The summed E-state index contributed by atoms with van der Waals surface area (Å²) in [6.45, 7) is 5.21. The zero-order chi connectivity index (χ0) is 15.3. The molecule has 0 fully saturated rings. The molecule has 6 heteroatoms. The predicted molar refractivity (Wildman–Crippen MR) is 86.3 cm³/mol. The van der Waals surface area contributed by atoms with Crippen LogP contribution in [0.25, 0.3) is 0 Å². The van der Waals surface area contributed by atoms with Crippen LogP contribution in [0.5, 0.6) is 0 Å². The van der Waals surface area contributed by atoms with Crippen LogP contribution in [0.15, 0.2) is 27.6 Å². The molecule has 0 bridgehead atoms. The van der Waals surface area contributed by atoms with Gasteiger partial charge in [0.1, 0.15) is 0 Å². The molecule has 0 aliphatic heterocycles. The maximum Gasteiger partial charge on any atom is 0.255 e. The minimum absolute atomic E-state index is 0.0522. The van der Waals surface area contributed by atoms with Crippen LogP contribution >= 0.6 is 28.6 Å². The highest BCUT2D eigenvalue weighted by Gasteiger charge is 2.19. The second-order valence-corrected chi connectivity index (χ2v) is 5.79. The summed E-state index contributed by atoms with van der Waals surface area (Å²) in [6.07, 6.45) is 0. The van der Waals surface area contributed by atoms with Crippen LogP contribution in [-0.4, -0.2) is 48.3 Å². The average Bonchev–Trinajstić information content (AvgIpc) is 2.39. The number of carbonyl (C=O) groups excluding carboxylic acids is 2. The third-order valence-corrected chi connectivity index (χ3v) is 3.89. The molecule has 1 aromatic carbocycles. The van der Waals surface area contributed by atoms with Gasteiger partial charge in [-0.15, -0.1) is 12.6 Å². The number of hydrogen-bond donors (Lipinski definition) is 1. The van der Waals surface area contributed by atoms with E-state index >= 15 is 0 Å². The van der Waals surface area contributed by atoms with E-state index in [1.165, 1.54) is 4.90 Å². The fourth-order valence-corrected chi connectivity index (χ4v) is 2.69. The van der Waals surface area contributed by atoms with Crippen LogP contribution in [0, 0.1) is 0 Å². The number of amides is 2. The standard InChI is InChI=1S/C14H19BrN2O2S/c1-4-17(5-2)13(18)9-16(3)14(19)11-7-6-10(15)8-12(11)20/h6-8,20H,4-5,9H2,1-3H3. The van der Waals surface area contributed by atoms with E-state index in [0.29, 0.717) is 23.5 Å². The molecule has 0 saturated carbocycles. The first-order chi connectivity index (χ1) is 9.40. The number of nitrogens with zero attached hydrogens (tertiary/aromatic N) is 2. The largest absolute Gasteiger partial charge is 0.342 e. The molecule has 0 aromatic heterocycles. The Morgan fingerprint density at radius 2 is 1.85 bits per heavy atom. The number of benzene rings is 1. The Labute approximate surface area is 133 Å². The number of likely N-dealkylation sites (N-methyl/N-ethyl adjacent to an activating group) is 2. The Morgan fingerprint density at radius 3 is 2.35 bits per heavy atom. The topological polar surface area (TPSA) is 40.6 Å². The van der Waals surface area contributed by atoms with E-state index in [4.69, 9.17) is 0 Å². The van der Waals surface area contributed by atoms with Crippen LogP contribution < -0.4 is 0 Å². The number of thiol groups is 1. The lowest BCUT2D eigenvalue weighted by atomic mass is 10.2. The minimum Gasteiger partial charge on any atom is -0.342 e. The summed E-state index contributed by atoms with van der Waals surface area (Å²) in [7, 11) is 1.62. The fraction of sp³-hybridized carbons (Fsp3) is 0.429. The van der Waals surface area contributed by atoms with E-state index in [2.05, 4.69) is 28.6 Å². The summed E-state index contributed by atoms with van der Waals surface area (Å²) in [5.41, 5.74) is 0.492. The third kappa shape index (κ3) is 4.24. The summed E-state index contributed by atoms with van der Waals surface area (Å²) in [5, 5.41) is 0. The first-order valence-corrected chi connectivity index (χ1v) is 7.66. The minimum atomic E-state index is -0.206. The van der Waals surface area contributed by atoms with Gasteiger partial charge in [0.15, 0.2) is 0 Å². The first-order valence-electron chi connectivity index (χ1n) is 6.42. The lowest BCUT2D eigenvalue weighted by Crippen LogP contribution is -2.41. The van der Waals surface area contributed by atoms with Crippen LogP contribution in [0.2, 0.25) is 0 Å². The molecule has 110 valence electrons. The second kappa shape index (κ2) is 7.69. The Kier molecular flexibility index (Phi) is 6.55. The molecular formula is C14H19BrN2O2S. The maximum atomic E-state index is 12.3. The van der Waals surface area contributed by atoms with E-state index in [9.17, 15) is 9.59 Å². The van der Waals surface area contributed by atoms with Gasteiger partial charge >= 0.3 is 0 Å². The zero-order valence-electron chi connectivity index (χ0n) is 11.9. The van der Waals surface area contributed by atoms with Gasteiger partial charge in [-0.2, -0.15) is 0 Å². The summed E-state index contributed by atoms with van der Waals surface area (Å²) >= 11 is 7.62. The number of carbonyl (C=O) groups is 2. The summed E-state index contributed by atoms with van der Waals surface area (Å²) in [6, 6.07) is 5.25. The van der Waals surface area contributed by atoms with Gasteiger partial charge in [-0.25, -0.2) is 0 Å². The first kappa shape index (κ1) is 17.0. The van der Waals surface area contributed by atoms with Crippen molar-refractivity contribution in [3.63, 3.8) is 0 Å². The van der Waals surface area contributed by atoms with Crippen molar-refractivity contribution in [1.29, 1.82) is 0 Å². The van der Waals surface area contributed by atoms with Gasteiger partial charge in [0.05, 0.1) is 12.1 Å². The van der Waals surface area contributed by atoms with Crippen molar-refractivity contribution in [1.82, 2.24) is 9.80 Å². The van der Waals surface area contributed by atoms with Crippen LogP contribution in [-0.2, 0) is 4.79 Å². The monoisotopic (exact) mass is 358 g/mol. The molecule has 1 rings (SSSR count). The highest BCUT2D eigenvalue weighted by Crippen LogP contribution is 2.20. The molecule has 0 radical (unpaired) electrons. The van der Waals surface area contributed by atoms with Crippen molar-refractivity contribution < 1.29 is 9.59 Å². The Balaban J connectivity index is 2.79. The number of rotatable bonds is 5. The number of hydrogen-bond acceptors (Lipinski definition) is 3. The molecule has 0 N–H and O–H groups in total. The molecule has 4 nitrogen and oxygen atoms in total. The Bertz CT molecular complexity index is 504. The molecule has 1 aromatic rings. The molecule has 0 saturated heterocycles. The van der Waals surface area contributed by atoms with Crippen molar-refractivity contribution in [3.05, 3.63) is 28.2 Å². The molecule has 0 unspecified atom stereocenters. The van der Waals surface area contributed by atoms with Gasteiger partial charge in [0.25, 0.3) is 5.91 Å². The summed E-state index contributed by atoms with van der Waals surface area (Å²) in [5.74, 6) is -0.258. The second-order valence-electron chi connectivity index (χ2n) is 4.39. The third-order valence-electron chi connectivity index (χ3n) is 3.03. The quantitative estimate of drug-likeness (QED) is 0.822. The van der Waals surface area contributed by atoms with E-state index in [-0.39, 0.29) is 18.4 Å². The summed E-state index contributed by atoms with van der Waals surface area (Å²) < 4.78 is 0.862. The molecule has 0 atom stereocenters. The van der Waals surface area contributed by atoms with Crippen LogP contribution in [0.1, 0.15) is 24.2 Å². The average molecular weight is 359 g/mol. The molecule has 0 spiro atoms. The van der Waals surface area contributed by atoms with Gasteiger partial charge in [-0.3, -0.25) is 9.59 Å². The Morgan fingerprint density at radius 1 is 1.25 bits per heavy atom. The fourth-order valence-electron chi connectivity index (χ4n) is 1.84. The van der Waals surface area contributed by atoms with Crippen LogP contribution in [0.3, 0.4) is 0 Å². The van der Waals surface area contributed by atoms with Gasteiger partial charge in [0.2, 0.25) is 5.91 Å². The molecule has 0 heterocycles. The SMILES string of the molecule is CCN(CC)C(=O)CN(C)C(=O)c1ccc(Br)cc1S. The molecule has 0 aliphatic carbocycles. The predicted octanol–water partition coefficient (Wildman–Crippen LogP) is 2.68. The zero-order valence-corrected chi connectivity index (χ0v) is 14.4. The maximum absolute atomic E-state index is 12.3. The normalized spacial score (nSPS) is 10.2. The van der Waals surface area contributed by atoms with Crippen molar-refractivity contribution in [2.75, 3.05) is 26.7 Å². The molecular weight excluding hydrogens is 340 g/mol. The van der Waals surface area contributed by atoms with Crippen molar-refractivity contribution >= 4 is 40.4 Å². The van der Waals surface area contributed by atoms with Gasteiger partial charge in [0, 0.05) is 29.5 Å².